The van der Waals surface area contributed by atoms with Gasteiger partial charge in [0.2, 0.25) is 5.91 Å². The molecule has 5 heteroatoms. The van der Waals surface area contributed by atoms with Gasteiger partial charge in [-0.15, -0.1) is 11.8 Å². The van der Waals surface area contributed by atoms with Crippen LogP contribution in [0, 0.1) is 0 Å². The fourth-order valence-corrected chi connectivity index (χ4v) is 3.21. The summed E-state index contributed by atoms with van der Waals surface area (Å²) in [5, 5.41) is -0.00398. The van der Waals surface area contributed by atoms with Crippen molar-refractivity contribution in [2.45, 2.75) is 11.9 Å². The van der Waals surface area contributed by atoms with Crippen LogP contribution in [0.1, 0.15) is 16.8 Å². The molecule has 0 spiro atoms. The summed E-state index contributed by atoms with van der Waals surface area (Å²) in [7, 11) is 0. The summed E-state index contributed by atoms with van der Waals surface area (Å²) < 4.78 is 0. The molecule has 0 aromatic carbocycles. The third-order valence-corrected chi connectivity index (χ3v) is 4.19. The average molecular weight is 271 g/mol. The lowest BCUT2D eigenvalue weighted by Gasteiger charge is -2.22. The molecule has 0 N–H and O–H groups in total. The zero-order chi connectivity index (χ0) is 13.1. The maximum atomic E-state index is 12.0. The van der Waals surface area contributed by atoms with Gasteiger partial charge in [0.05, 0.1) is 23.7 Å². The highest BCUT2D eigenvalue weighted by molar-refractivity contribution is 8.00. The number of carbonyl (C=O) groups is 1. The molecule has 1 saturated heterocycles. The fourth-order valence-electron chi connectivity index (χ4n) is 2.06. The molecule has 1 unspecified atom stereocenters. The SMILES string of the molecule is O=C1CSC(c2ccccn2)N1Cc1ccccn1. The Morgan fingerprint density at radius 2 is 1.95 bits per heavy atom. The van der Waals surface area contributed by atoms with Gasteiger partial charge in [0.1, 0.15) is 5.37 Å². The van der Waals surface area contributed by atoms with E-state index in [1.54, 1.807) is 24.2 Å². The number of aromatic nitrogens is 2. The maximum absolute atomic E-state index is 12.0. The van der Waals surface area contributed by atoms with Crippen molar-refractivity contribution in [3.8, 4) is 0 Å². The standard InChI is InChI=1S/C14H13N3OS/c18-13-10-19-14(12-6-2-4-8-16-12)17(13)9-11-5-1-3-7-15-11/h1-8,14H,9-10H2. The minimum absolute atomic E-state index is 0.00398. The molecule has 3 rings (SSSR count). The van der Waals surface area contributed by atoms with Crippen molar-refractivity contribution < 1.29 is 4.79 Å². The Morgan fingerprint density at radius 3 is 2.63 bits per heavy atom. The fraction of sp³-hybridized carbons (Fsp3) is 0.214. The van der Waals surface area contributed by atoms with Crippen molar-refractivity contribution in [3.63, 3.8) is 0 Å². The molecule has 2 aromatic heterocycles. The number of hydrogen-bond donors (Lipinski definition) is 0. The number of carbonyl (C=O) groups excluding carboxylic acids is 1. The Balaban J connectivity index is 1.83. The summed E-state index contributed by atoms with van der Waals surface area (Å²) in [4.78, 5) is 22.5. The van der Waals surface area contributed by atoms with E-state index in [4.69, 9.17) is 0 Å². The van der Waals surface area contributed by atoms with E-state index in [1.807, 2.05) is 41.3 Å². The van der Waals surface area contributed by atoms with Crippen molar-refractivity contribution in [1.29, 1.82) is 0 Å². The minimum Gasteiger partial charge on any atom is -0.318 e. The lowest BCUT2D eigenvalue weighted by Crippen LogP contribution is -2.28. The van der Waals surface area contributed by atoms with Gasteiger partial charge in [0.15, 0.2) is 0 Å². The molecule has 19 heavy (non-hydrogen) atoms. The van der Waals surface area contributed by atoms with E-state index in [0.29, 0.717) is 12.3 Å². The first-order valence-electron chi connectivity index (χ1n) is 6.06. The van der Waals surface area contributed by atoms with Gasteiger partial charge < -0.3 is 4.90 Å². The van der Waals surface area contributed by atoms with Crippen molar-refractivity contribution in [3.05, 3.63) is 60.2 Å². The van der Waals surface area contributed by atoms with Gasteiger partial charge in [0, 0.05) is 12.4 Å². The van der Waals surface area contributed by atoms with Gasteiger partial charge in [-0.05, 0) is 24.3 Å². The zero-order valence-corrected chi connectivity index (χ0v) is 11.1. The molecule has 2 aromatic rings. The number of amides is 1. The minimum atomic E-state index is -0.00398. The van der Waals surface area contributed by atoms with E-state index in [0.717, 1.165) is 11.4 Å². The molecular formula is C14H13N3OS. The first-order valence-corrected chi connectivity index (χ1v) is 7.11. The molecule has 3 heterocycles. The van der Waals surface area contributed by atoms with Crippen LogP contribution in [-0.4, -0.2) is 26.5 Å². The van der Waals surface area contributed by atoms with E-state index in [2.05, 4.69) is 9.97 Å². The number of pyridine rings is 2. The van der Waals surface area contributed by atoms with Gasteiger partial charge in [-0.2, -0.15) is 0 Å². The Labute approximate surface area is 115 Å². The van der Waals surface area contributed by atoms with E-state index >= 15 is 0 Å². The Bertz CT molecular complexity index is 561. The van der Waals surface area contributed by atoms with Crippen LogP contribution < -0.4 is 0 Å². The molecule has 0 bridgehead atoms. The first kappa shape index (κ1) is 12.2. The Hall–Kier alpha value is -1.88. The molecule has 1 amide bonds. The number of rotatable bonds is 3. The Morgan fingerprint density at radius 1 is 1.16 bits per heavy atom. The highest BCUT2D eigenvalue weighted by Gasteiger charge is 2.33. The molecule has 1 aliphatic rings. The summed E-state index contributed by atoms with van der Waals surface area (Å²) in [6.45, 7) is 0.536. The molecule has 1 fully saturated rings. The summed E-state index contributed by atoms with van der Waals surface area (Å²) in [5.41, 5.74) is 1.83. The van der Waals surface area contributed by atoms with Gasteiger partial charge in [0.25, 0.3) is 0 Å². The van der Waals surface area contributed by atoms with Crippen LogP contribution in [-0.2, 0) is 11.3 Å². The second kappa shape index (κ2) is 5.40. The quantitative estimate of drug-likeness (QED) is 0.859. The van der Waals surface area contributed by atoms with Crippen LogP contribution in [0.5, 0.6) is 0 Å². The van der Waals surface area contributed by atoms with Crippen LogP contribution in [0.3, 0.4) is 0 Å². The van der Waals surface area contributed by atoms with Gasteiger partial charge >= 0.3 is 0 Å². The van der Waals surface area contributed by atoms with Crippen LogP contribution in [0.15, 0.2) is 48.8 Å². The highest BCUT2D eigenvalue weighted by atomic mass is 32.2. The monoisotopic (exact) mass is 271 g/mol. The largest absolute Gasteiger partial charge is 0.318 e. The first-order chi connectivity index (χ1) is 9.34. The van der Waals surface area contributed by atoms with Crippen molar-refractivity contribution in [2.75, 3.05) is 5.75 Å². The molecule has 96 valence electrons. The van der Waals surface area contributed by atoms with E-state index in [9.17, 15) is 4.79 Å². The third kappa shape index (κ3) is 2.61. The van der Waals surface area contributed by atoms with Gasteiger partial charge in [-0.1, -0.05) is 12.1 Å². The van der Waals surface area contributed by atoms with Crippen molar-refractivity contribution in [2.24, 2.45) is 0 Å². The predicted molar refractivity (Wildman–Crippen MR) is 74.2 cm³/mol. The lowest BCUT2D eigenvalue weighted by atomic mass is 10.3. The van der Waals surface area contributed by atoms with Crippen LogP contribution in [0.2, 0.25) is 0 Å². The van der Waals surface area contributed by atoms with Crippen LogP contribution >= 0.6 is 11.8 Å². The Kier molecular flexibility index (Phi) is 3.46. The zero-order valence-electron chi connectivity index (χ0n) is 10.3. The summed E-state index contributed by atoms with van der Waals surface area (Å²) in [5.74, 6) is 0.653. The second-order valence-corrected chi connectivity index (χ2v) is 5.33. The van der Waals surface area contributed by atoms with Crippen molar-refractivity contribution >= 4 is 17.7 Å². The third-order valence-electron chi connectivity index (χ3n) is 2.97. The van der Waals surface area contributed by atoms with E-state index in [1.165, 1.54) is 0 Å². The lowest BCUT2D eigenvalue weighted by molar-refractivity contribution is -0.128. The number of thioether (sulfide) groups is 1. The smallest absolute Gasteiger partial charge is 0.234 e. The van der Waals surface area contributed by atoms with E-state index in [-0.39, 0.29) is 11.3 Å². The maximum Gasteiger partial charge on any atom is 0.234 e. The molecule has 4 nitrogen and oxygen atoms in total. The molecular weight excluding hydrogens is 258 g/mol. The molecule has 0 aliphatic carbocycles. The molecule has 0 saturated carbocycles. The normalized spacial score (nSPS) is 18.8. The summed E-state index contributed by atoms with van der Waals surface area (Å²) >= 11 is 1.62. The summed E-state index contributed by atoms with van der Waals surface area (Å²) in [6.07, 6.45) is 3.51. The molecule has 0 radical (unpaired) electrons. The van der Waals surface area contributed by atoms with Crippen LogP contribution in [0.4, 0.5) is 0 Å². The number of hydrogen-bond acceptors (Lipinski definition) is 4. The van der Waals surface area contributed by atoms with Crippen LogP contribution in [0.25, 0.3) is 0 Å². The van der Waals surface area contributed by atoms with Crippen molar-refractivity contribution in [1.82, 2.24) is 14.9 Å². The second-order valence-electron chi connectivity index (χ2n) is 4.26. The highest BCUT2D eigenvalue weighted by Crippen LogP contribution is 2.38. The molecule has 1 aliphatic heterocycles. The predicted octanol–water partition coefficient (Wildman–Crippen LogP) is 2.25. The van der Waals surface area contributed by atoms with Gasteiger partial charge in [-0.25, -0.2) is 0 Å². The average Bonchev–Trinajstić information content (AvgIpc) is 2.82. The molecule has 1 atom stereocenters. The summed E-state index contributed by atoms with van der Waals surface area (Å²) in [6, 6.07) is 11.5. The van der Waals surface area contributed by atoms with Gasteiger partial charge in [-0.3, -0.25) is 14.8 Å². The topological polar surface area (TPSA) is 46.1 Å². The number of nitrogens with zero attached hydrogens (tertiary/aromatic N) is 3. The van der Waals surface area contributed by atoms with E-state index < -0.39 is 0 Å².